The highest BCUT2D eigenvalue weighted by atomic mass is 16.5. The highest BCUT2D eigenvalue weighted by molar-refractivity contribution is 6.00. The van der Waals surface area contributed by atoms with Gasteiger partial charge in [0.05, 0.1) is 19.8 Å². The van der Waals surface area contributed by atoms with Gasteiger partial charge in [0.15, 0.2) is 0 Å². The van der Waals surface area contributed by atoms with E-state index in [4.69, 9.17) is 9.47 Å². The third kappa shape index (κ3) is 4.21. The second-order valence-corrected chi connectivity index (χ2v) is 8.38. The maximum absolute atomic E-state index is 13.6. The molecule has 1 aliphatic rings. The lowest BCUT2D eigenvalue weighted by Crippen LogP contribution is -2.31. The number of H-pyrrole nitrogens is 1. The first-order valence-corrected chi connectivity index (χ1v) is 11.6. The van der Waals surface area contributed by atoms with Gasteiger partial charge in [-0.2, -0.15) is 5.10 Å². The number of methoxy groups -OCH3 is 1. The Labute approximate surface area is 203 Å². The van der Waals surface area contributed by atoms with Gasteiger partial charge in [0.25, 0.3) is 5.91 Å². The summed E-state index contributed by atoms with van der Waals surface area (Å²) in [4.78, 5) is 15.4. The molecule has 0 bridgehead atoms. The Morgan fingerprint density at radius 2 is 1.83 bits per heavy atom. The van der Waals surface area contributed by atoms with E-state index in [1.807, 2.05) is 72.5 Å². The summed E-state index contributed by atoms with van der Waals surface area (Å²) in [5.74, 6) is 1.54. The molecule has 3 aromatic carbocycles. The van der Waals surface area contributed by atoms with E-state index >= 15 is 0 Å². The molecule has 0 saturated carbocycles. The van der Waals surface area contributed by atoms with Crippen molar-refractivity contribution in [3.63, 3.8) is 0 Å². The number of ether oxygens (including phenoxy) is 2. The van der Waals surface area contributed by atoms with Gasteiger partial charge in [-0.05, 0) is 60.9 Å². The lowest BCUT2D eigenvalue weighted by atomic mass is 9.95. The Balaban J connectivity index is 1.56. The molecule has 0 saturated heterocycles. The monoisotopic (exact) mass is 469 g/mol. The summed E-state index contributed by atoms with van der Waals surface area (Å²) in [6, 6.07) is 22.4. The molecule has 1 atom stereocenters. The maximum Gasteiger partial charge on any atom is 0.273 e. The van der Waals surface area contributed by atoms with Gasteiger partial charge in [0.1, 0.15) is 28.6 Å². The predicted octanol–water partition coefficient (Wildman–Crippen LogP) is 4.98. The van der Waals surface area contributed by atoms with Crippen molar-refractivity contribution in [3.8, 4) is 28.5 Å². The summed E-state index contributed by atoms with van der Waals surface area (Å²) >= 11 is 0. The minimum absolute atomic E-state index is 0.116. The van der Waals surface area contributed by atoms with Crippen molar-refractivity contribution in [1.82, 2.24) is 15.1 Å². The second kappa shape index (κ2) is 9.54. The van der Waals surface area contributed by atoms with Crippen LogP contribution in [0.1, 0.15) is 40.1 Å². The number of hydrogen-bond acceptors (Lipinski definition) is 5. The number of phenols is 1. The average Bonchev–Trinajstić information content (AvgIpc) is 3.42. The average molecular weight is 470 g/mol. The number of para-hydroxylation sites is 1. The molecule has 178 valence electrons. The maximum atomic E-state index is 13.6. The Hall–Kier alpha value is -4.26. The van der Waals surface area contributed by atoms with E-state index in [1.54, 1.807) is 19.2 Å². The molecule has 1 aliphatic heterocycles. The fourth-order valence-electron chi connectivity index (χ4n) is 4.64. The van der Waals surface area contributed by atoms with Crippen LogP contribution in [0.5, 0.6) is 17.2 Å². The van der Waals surface area contributed by atoms with Gasteiger partial charge in [-0.15, -0.1) is 0 Å². The molecule has 35 heavy (non-hydrogen) atoms. The number of phenolic OH excluding ortho intramolecular Hbond substituents is 1. The van der Waals surface area contributed by atoms with Crippen LogP contribution in [0.4, 0.5) is 0 Å². The molecule has 1 unspecified atom stereocenters. The Morgan fingerprint density at radius 3 is 2.57 bits per heavy atom. The number of rotatable bonds is 8. The normalized spacial score (nSPS) is 14.7. The van der Waals surface area contributed by atoms with Crippen molar-refractivity contribution in [2.45, 2.75) is 19.4 Å². The summed E-state index contributed by atoms with van der Waals surface area (Å²) in [7, 11) is 1.64. The zero-order chi connectivity index (χ0) is 24.4. The fraction of sp³-hybridized carbons (Fsp3) is 0.214. The van der Waals surface area contributed by atoms with Crippen LogP contribution in [0.2, 0.25) is 0 Å². The number of nitrogens with zero attached hydrogens (tertiary/aromatic N) is 2. The number of aromatic nitrogens is 2. The molecular weight excluding hydrogens is 442 g/mol. The van der Waals surface area contributed by atoms with Crippen LogP contribution >= 0.6 is 0 Å². The molecule has 0 aliphatic carbocycles. The molecule has 0 fully saturated rings. The van der Waals surface area contributed by atoms with Crippen molar-refractivity contribution < 1.29 is 19.4 Å². The zero-order valence-electron chi connectivity index (χ0n) is 19.7. The summed E-state index contributed by atoms with van der Waals surface area (Å²) < 4.78 is 11.0. The van der Waals surface area contributed by atoms with Crippen molar-refractivity contribution >= 4 is 5.91 Å². The molecule has 1 aromatic heterocycles. The van der Waals surface area contributed by atoms with E-state index in [0.29, 0.717) is 36.5 Å². The van der Waals surface area contributed by atoms with Crippen molar-refractivity contribution in [3.05, 3.63) is 95.2 Å². The summed E-state index contributed by atoms with van der Waals surface area (Å²) in [6.45, 7) is 3.00. The van der Waals surface area contributed by atoms with Crippen molar-refractivity contribution in [2.75, 3.05) is 20.3 Å². The van der Waals surface area contributed by atoms with Crippen LogP contribution in [-0.2, 0) is 6.42 Å². The summed E-state index contributed by atoms with van der Waals surface area (Å²) in [5, 5.41) is 17.9. The van der Waals surface area contributed by atoms with Crippen molar-refractivity contribution in [2.24, 2.45) is 0 Å². The van der Waals surface area contributed by atoms with Crippen LogP contribution in [-0.4, -0.2) is 46.4 Å². The molecular formula is C28H27N3O4. The molecule has 0 radical (unpaired) electrons. The molecule has 0 spiro atoms. The Kier molecular flexibility index (Phi) is 6.14. The Bertz CT molecular complexity index is 1350. The standard InChI is InChI=1S/C28H27N3O4/c1-3-35-21-8-6-7-19(17-21)27-24-25(22-9-4-5-10-23(22)32)29-30-26(24)28(33)31(27)16-15-18-11-13-20(34-2)14-12-18/h4-14,17,27,32H,3,15-16H2,1-2H3,(H,29,30). The van der Waals surface area contributed by atoms with Crippen LogP contribution < -0.4 is 9.47 Å². The largest absolute Gasteiger partial charge is 0.507 e. The SMILES string of the molecule is CCOc1cccc(C2c3c(-c4ccccc4O)n[nH]c3C(=O)N2CCc2ccc(OC)cc2)c1. The molecule has 4 aromatic rings. The number of amides is 1. The second-order valence-electron chi connectivity index (χ2n) is 8.38. The van der Waals surface area contributed by atoms with E-state index < -0.39 is 0 Å². The van der Waals surface area contributed by atoms with Gasteiger partial charge in [0, 0.05) is 17.7 Å². The van der Waals surface area contributed by atoms with Crippen LogP contribution in [0.15, 0.2) is 72.8 Å². The van der Waals surface area contributed by atoms with Crippen LogP contribution in [0.3, 0.4) is 0 Å². The number of benzene rings is 3. The molecule has 1 amide bonds. The van der Waals surface area contributed by atoms with Crippen LogP contribution in [0, 0.1) is 0 Å². The van der Waals surface area contributed by atoms with Gasteiger partial charge in [-0.3, -0.25) is 9.89 Å². The number of aromatic amines is 1. The lowest BCUT2D eigenvalue weighted by molar-refractivity contribution is 0.0745. The predicted molar refractivity (Wildman–Crippen MR) is 133 cm³/mol. The first-order chi connectivity index (χ1) is 17.1. The number of hydrogen-bond donors (Lipinski definition) is 2. The molecule has 2 N–H and O–H groups in total. The molecule has 2 heterocycles. The van der Waals surface area contributed by atoms with E-state index in [2.05, 4.69) is 10.2 Å². The smallest absolute Gasteiger partial charge is 0.273 e. The quantitative estimate of drug-likeness (QED) is 0.380. The minimum atomic E-state index is -0.371. The summed E-state index contributed by atoms with van der Waals surface area (Å²) in [5.41, 5.74) is 4.40. The van der Waals surface area contributed by atoms with Crippen LogP contribution in [0.25, 0.3) is 11.3 Å². The number of fused-ring (bicyclic) bond motifs is 1. The third-order valence-corrected chi connectivity index (χ3v) is 6.31. The number of carbonyl (C=O) groups is 1. The molecule has 5 rings (SSSR count). The van der Waals surface area contributed by atoms with E-state index in [9.17, 15) is 9.90 Å². The molecule has 7 nitrogen and oxygen atoms in total. The lowest BCUT2D eigenvalue weighted by Gasteiger charge is -2.27. The highest BCUT2D eigenvalue weighted by Gasteiger charge is 2.42. The number of aromatic hydroxyl groups is 1. The zero-order valence-corrected chi connectivity index (χ0v) is 19.7. The van der Waals surface area contributed by atoms with E-state index in [-0.39, 0.29) is 17.7 Å². The number of nitrogens with one attached hydrogen (secondary N) is 1. The summed E-state index contributed by atoms with van der Waals surface area (Å²) in [6.07, 6.45) is 0.682. The molecule has 7 heteroatoms. The van der Waals surface area contributed by atoms with Crippen molar-refractivity contribution in [1.29, 1.82) is 0 Å². The van der Waals surface area contributed by atoms with E-state index in [1.165, 1.54) is 0 Å². The third-order valence-electron chi connectivity index (χ3n) is 6.31. The Morgan fingerprint density at radius 1 is 1.03 bits per heavy atom. The van der Waals surface area contributed by atoms with Gasteiger partial charge in [0.2, 0.25) is 0 Å². The first kappa shape index (κ1) is 22.5. The minimum Gasteiger partial charge on any atom is -0.507 e. The van der Waals surface area contributed by atoms with Gasteiger partial charge >= 0.3 is 0 Å². The fourth-order valence-corrected chi connectivity index (χ4v) is 4.64. The topological polar surface area (TPSA) is 87.7 Å². The first-order valence-electron chi connectivity index (χ1n) is 11.6. The van der Waals surface area contributed by atoms with Gasteiger partial charge < -0.3 is 19.5 Å². The number of carbonyl (C=O) groups excluding carboxylic acids is 1. The van der Waals surface area contributed by atoms with Gasteiger partial charge in [-0.1, -0.05) is 36.4 Å². The van der Waals surface area contributed by atoms with Gasteiger partial charge in [-0.25, -0.2) is 0 Å². The van der Waals surface area contributed by atoms with E-state index in [0.717, 1.165) is 28.2 Å². The highest BCUT2D eigenvalue weighted by Crippen LogP contribution is 2.44.